The van der Waals surface area contributed by atoms with Gasteiger partial charge >= 0.3 is 0 Å². The van der Waals surface area contributed by atoms with Crippen LogP contribution in [0.3, 0.4) is 0 Å². The summed E-state index contributed by atoms with van der Waals surface area (Å²) in [6.45, 7) is 8.73. The highest BCUT2D eigenvalue weighted by Gasteiger charge is 2.33. The van der Waals surface area contributed by atoms with E-state index < -0.39 is 0 Å². The van der Waals surface area contributed by atoms with E-state index in [4.69, 9.17) is 15.2 Å². The standard InChI is InChI=1S/C15H24N2O2/c1-11(16)14-12(6-5-7-13(14)18-4)17-8-9-19-10-15(17,2)3/h5-7,11H,8-10,16H2,1-4H3/t11-/m1/s1. The van der Waals surface area contributed by atoms with Crippen LogP contribution >= 0.6 is 0 Å². The van der Waals surface area contributed by atoms with Gasteiger partial charge in [0.1, 0.15) is 5.75 Å². The zero-order valence-electron chi connectivity index (χ0n) is 12.3. The van der Waals surface area contributed by atoms with Crippen LogP contribution < -0.4 is 15.4 Å². The van der Waals surface area contributed by atoms with Crippen LogP contribution in [0.2, 0.25) is 0 Å². The molecule has 0 spiro atoms. The van der Waals surface area contributed by atoms with Crippen molar-refractivity contribution in [3.05, 3.63) is 23.8 Å². The minimum absolute atomic E-state index is 0.0335. The molecule has 106 valence electrons. The van der Waals surface area contributed by atoms with Crippen molar-refractivity contribution in [1.29, 1.82) is 0 Å². The van der Waals surface area contributed by atoms with E-state index in [1.165, 1.54) is 0 Å². The van der Waals surface area contributed by atoms with Gasteiger partial charge in [-0.05, 0) is 32.9 Å². The van der Waals surface area contributed by atoms with Crippen molar-refractivity contribution in [2.24, 2.45) is 5.73 Å². The molecule has 0 amide bonds. The summed E-state index contributed by atoms with van der Waals surface area (Å²) >= 11 is 0. The first-order valence-corrected chi connectivity index (χ1v) is 6.75. The molecule has 1 fully saturated rings. The zero-order valence-corrected chi connectivity index (χ0v) is 12.3. The number of hydrogen-bond acceptors (Lipinski definition) is 4. The van der Waals surface area contributed by atoms with Gasteiger partial charge in [0.15, 0.2) is 0 Å². The molecular formula is C15H24N2O2. The monoisotopic (exact) mass is 264 g/mol. The summed E-state index contributed by atoms with van der Waals surface area (Å²) in [5, 5.41) is 0. The van der Waals surface area contributed by atoms with Gasteiger partial charge < -0.3 is 20.1 Å². The quantitative estimate of drug-likeness (QED) is 0.910. The Balaban J connectivity index is 2.49. The summed E-state index contributed by atoms with van der Waals surface area (Å²) in [6, 6.07) is 6.04. The van der Waals surface area contributed by atoms with Crippen molar-refractivity contribution < 1.29 is 9.47 Å². The molecule has 1 heterocycles. The third-order valence-corrected chi connectivity index (χ3v) is 3.65. The van der Waals surface area contributed by atoms with Gasteiger partial charge in [-0.15, -0.1) is 0 Å². The highest BCUT2D eigenvalue weighted by atomic mass is 16.5. The van der Waals surface area contributed by atoms with Crippen molar-refractivity contribution in [3.8, 4) is 5.75 Å². The third kappa shape index (κ3) is 2.69. The van der Waals surface area contributed by atoms with Crippen LogP contribution in [0.15, 0.2) is 18.2 Å². The lowest BCUT2D eigenvalue weighted by atomic mass is 9.97. The maximum absolute atomic E-state index is 6.15. The molecule has 1 atom stereocenters. The SMILES string of the molecule is COc1cccc(N2CCOCC2(C)C)c1[C@@H](C)N. The van der Waals surface area contributed by atoms with E-state index in [1.807, 2.05) is 19.1 Å². The van der Waals surface area contributed by atoms with Crippen LogP contribution in [0.5, 0.6) is 5.75 Å². The Labute approximate surface area is 115 Å². The Morgan fingerprint density at radius 3 is 2.74 bits per heavy atom. The summed E-state index contributed by atoms with van der Waals surface area (Å²) in [5.41, 5.74) is 8.34. The van der Waals surface area contributed by atoms with Gasteiger partial charge in [0.05, 0.1) is 25.9 Å². The smallest absolute Gasteiger partial charge is 0.125 e. The van der Waals surface area contributed by atoms with Crippen molar-refractivity contribution in [3.63, 3.8) is 0 Å². The first kappa shape index (κ1) is 14.2. The lowest BCUT2D eigenvalue weighted by molar-refractivity contribution is 0.0642. The molecule has 2 rings (SSSR count). The van der Waals surface area contributed by atoms with Crippen molar-refractivity contribution in [1.82, 2.24) is 0 Å². The molecule has 1 aliphatic heterocycles. The lowest BCUT2D eigenvalue weighted by Crippen LogP contribution is -2.53. The number of benzene rings is 1. The molecule has 1 aromatic rings. The first-order chi connectivity index (χ1) is 8.97. The molecule has 0 unspecified atom stereocenters. The predicted octanol–water partition coefficient (Wildman–Crippen LogP) is 2.33. The molecule has 0 aliphatic carbocycles. The van der Waals surface area contributed by atoms with Gasteiger partial charge in [-0.2, -0.15) is 0 Å². The van der Waals surface area contributed by atoms with Gasteiger partial charge in [0, 0.05) is 23.8 Å². The Kier molecular flexibility index (Phi) is 4.02. The number of methoxy groups -OCH3 is 1. The summed E-state index contributed by atoms with van der Waals surface area (Å²) in [4.78, 5) is 2.37. The second kappa shape index (κ2) is 5.39. The fourth-order valence-electron chi connectivity index (χ4n) is 2.71. The molecule has 0 saturated carbocycles. The first-order valence-electron chi connectivity index (χ1n) is 6.75. The second-order valence-electron chi connectivity index (χ2n) is 5.70. The molecule has 19 heavy (non-hydrogen) atoms. The number of nitrogens with zero attached hydrogens (tertiary/aromatic N) is 1. The van der Waals surface area contributed by atoms with Gasteiger partial charge in [-0.25, -0.2) is 0 Å². The van der Waals surface area contributed by atoms with Crippen LogP contribution in [0, 0.1) is 0 Å². The summed E-state index contributed by atoms with van der Waals surface area (Å²) < 4.78 is 11.1. The summed E-state index contributed by atoms with van der Waals surface area (Å²) in [7, 11) is 1.69. The Hall–Kier alpha value is -1.26. The topological polar surface area (TPSA) is 47.7 Å². The van der Waals surface area contributed by atoms with E-state index in [9.17, 15) is 0 Å². The number of morpholine rings is 1. The molecule has 1 aliphatic rings. The molecule has 4 nitrogen and oxygen atoms in total. The molecule has 1 saturated heterocycles. The highest BCUT2D eigenvalue weighted by molar-refractivity contribution is 5.62. The van der Waals surface area contributed by atoms with E-state index >= 15 is 0 Å². The molecule has 4 heteroatoms. The molecular weight excluding hydrogens is 240 g/mol. The fraction of sp³-hybridized carbons (Fsp3) is 0.600. The molecule has 0 radical (unpaired) electrons. The molecule has 0 aromatic heterocycles. The average molecular weight is 264 g/mol. The number of ether oxygens (including phenoxy) is 2. The summed E-state index contributed by atoms with van der Waals surface area (Å²) in [6.07, 6.45) is 0. The Morgan fingerprint density at radius 2 is 2.16 bits per heavy atom. The maximum atomic E-state index is 6.15. The van der Waals surface area contributed by atoms with Crippen LogP contribution in [0.25, 0.3) is 0 Å². The summed E-state index contributed by atoms with van der Waals surface area (Å²) in [5.74, 6) is 0.856. The zero-order chi connectivity index (χ0) is 14.0. The molecule has 1 aromatic carbocycles. The van der Waals surface area contributed by atoms with Crippen molar-refractivity contribution in [2.75, 3.05) is 31.8 Å². The second-order valence-corrected chi connectivity index (χ2v) is 5.70. The van der Waals surface area contributed by atoms with Crippen molar-refractivity contribution in [2.45, 2.75) is 32.4 Å². The van der Waals surface area contributed by atoms with Crippen LogP contribution in [0.4, 0.5) is 5.69 Å². The predicted molar refractivity (Wildman–Crippen MR) is 77.8 cm³/mol. The van der Waals surface area contributed by atoms with E-state index in [0.717, 1.165) is 36.8 Å². The largest absolute Gasteiger partial charge is 0.496 e. The molecule has 2 N–H and O–H groups in total. The Morgan fingerprint density at radius 1 is 1.42 bits per heavy atom. The van der Waals surface area contributed by atoms with Crippen LogP contribution in [-0.2, 0) is 4.74 Å². The average Bonchev–Trinajstić information content (AvgIpc) is 2.37. The highest BCUT2D eigenvalue weighted by Crippen LogP contribution is 2.37. The lowest BCUT2D eigenvalue weighted by Gasteiger charge is -2.45. The molecule has 0 bridgehead atoms. The number of nitrogens with two attached hydrogens (primary N) is 1. The number of anilines is 1. The van der Waals surface area contributed by atoms with Crippen molar-refractivity contribution >= 4 is 5.69 Å². The van der Waals surface area contributed by atoms with Gasteiger partial charge in [0.25, 0.3) is 0 Å². The minimum atomic E-state index is -0.0650. The van der Waals surface area contributed by atoms with Gasteiger partial charge in [-0.3, -0.25) is 0 Å². The van der Waals surface area contributed by atoms with E-state index in [0.29, 0.717) is 0 Å². The number of hydrogen-bond donors (Lipinski definition) is 1. The van der Waals surface area contributed by atoms with E-state index in [-0.39, 0.29) is 11.6 Å². The Bertz CT molecular complexity index is 444. The number of rotatable bonds is 3. The van der Waals surface area contributed by atoms with E-state index in [2.05, 4.69) is 24.8 Å². The maximum Gasteiger partial charge on any atom is 0.125 e. The van der Waals surface area contributed by atoms with Gasteiger partial charge in [0.2, 0.25) is 0 Å². The minimum Gasteiger partial charge on any atom is -0.496 e. The van der Waals surface area contributed by atoms with Crippen LogP contribution in [0.1, 0.15) is 32.4 Å². The van der Waals surface area contributed by atoms with Gasteiger partial charge in [-0.1, -0.05) is 6.07 Å². The fourth-order valence-corrected chi connectivity index (χ4v) is 2.71. The van der Waals surface area contributed by atoms with Crippen LogP contribution in [-0.4, -0.2) is 32.4 Å². The van der Waals surface area contributed by atoms with E-state index in [1.54, 1.807) is 7.11 Å². The normalized spacial score (nSPS) is 20.2. The third-order valence-electron chi connectivity index (χ3n) is 3.65.